The summed E-state index contributed by atoms with van der Waals surface area (Å²) < 4.78 is 15.6. The fourth-order valence-electron chi connectivity index (χ4n) is 2.19. The molecule has 5 heteroatoms. The van der Waals surface area contributed by atoms with Crippen LogP contribution in [0.2, 0.25) is 0 Å². The van der Waals surface area contributed by atoms with Gasteiger partial charge in [-0.1, -0.05) is 13.8 Å². The van der Waals surface area contributed by atoms with E-state index in [-0.39, 0.29) is 11.9 Å². The Kier molecular flexibility index (Phi) is 4.18. The lowest BCUT2D eigenvalue weighted by atomic mass is 10.0. The second-order valence-electron chi connectivity index (χ2n) is 5.01. The summed E-state index contributed by atoms with van der Waals surface area (Å²) in [6.45, 7) is 7.63. The Bertz CT molecular complexity index is 617. The maximum absolute atomic E-state index is 13.8. The molecule has 0 amide bonds. The van der Waals surface area contributed by atoms with Crippen molar-refractivity contribution >= 4 is 0 Å². The van der Waals surface area contributed by atoms with Crippen LogP contribution in [0.3, 0.4) is 0 Å². The Balaban J connectivity index is 2.67. The minimum atomic E-state index is -0.265. The summed E-state index contributed by atoms with van der Waals surface area (Å²) in [5.41, 5.74) is 8.12. The van der Waals surface area contributed by atoms with Gasteiger partial charge in [-0.05, 0) is 37.1 Å². The average Bonchev–Trinajstić information content (AvgIpc) is 2.84. The third-order valence-corrected chi connectivity index (χ3v) is 3.38. The molecule has 0 fully saturated rings. The SMILES string of the molecule is CCc1nc(CC)n(-c2cc(C)c(F)cc2[C@H](C)N)n1. The molecule has 2 aromatic rings. The molecular weight excluding hydrogens is 255 g/mol. The van der Waals surface area contributed by atoms with Crippen LogP contribution < -0.4 is 5.73 Å². The van der Waals surface area contributed by atoms with Crippen molar-refractivity contribution in [3.63, 3.8) is 0 Å². The lowest BCUT2D eigenvalue weighted by molar-refractivity contribution is 0.610. The first-order valence-corrected chi connectivity index (χ1v) is 6.98. The molecule has 0 saturated heterocycles. The zero-order valence-corrected chi connectivity index (χ0v) is 12.4. The van der Waals surface area contributed by atoms with Crippen molar-refractivity contribution in [1.82, 2.24) is 14.8 Å². The Morgan fingerprint density at radius 2 is 2.00 bits per heavy atom. The lowest BCUT2D eigenvalue weighted by Crippen LogP contribution is -2.13. The molecule has 0 radical (unpaired) electrons. The molecule has 1 atom stereocenters. The third kappa shape index (κ3) is 2.58. The predicted molar refractivity (Wildman–Crippen MR) is 77.4 cm³/mol. The molecular formula is C15H21FN4. The van der Waals surface area contributed by atoms with Gasteiger partial charge in [-0.2, -0.15) is 5.10 Å². The molecule has 108 valence electrons. The summed E-state index contributed by atoms with van der Waals surface area (Å²) in [4.78, 5) is 4.49. The van der Waals surface area contributed by atoms with Gasteiger partial charge in [-0.3, -0.25) is 0 Å². The van der Waals surface area contributed by atoms with Crippen molar-refractivity contribution in [1.29, 1.82) is 0 Å². The second kappa shape index (κ2) is 5.71. The number of nitrogens with two attached hydrogens (primary N) is 1. The highest BCUT2D eigenvalue weighted by atomic mass is 19.1. The summed E-state index contributed by atoms with van der Waals surface area (Å²) in [7, 11) is 0. The highest BCUT2D eigenvalue weighted by molar-refractivity contribution is 5.46. The molecule has 1 heterocycles. The summed E-state index contributed by atoms with van der Waals surface area (Å²) in [6.07, 6.45) is 1.54. The molecule has 1 aromatic carbocycles. The Labute approximate surface area is 118 Å². The predicted octanol–water partition coefficient (Wildman–Crippen LogP) is 2.86. The van der Waals surface area contributed by atoms with E-state index < -0.39 is 0 Å². The minimum absolute atomic E-state index is 0.241. The zero-order valence-electron chi connectivity index (χ0n) is 12.4. The minimum Gasteiger partial charge on any atom is -0.324 e. The van der Waals surface area contributed by atoms with Crippen LogP contribution in [-0.4, -0.2) is 14.8 Å². The smallest absolute Gasteiger partial charge is 0.151 e. The van der Waals surface area contributed by atoms with E-state index in [1.165, 1.54) is 6.07 Å². The van der Waals surface area contributed by atoms with Gasteiger partial charge >= 0.3 is 0 Å². The number of halogens is 1. The maximum atomic E-state index is 13.8. The van der Waals surface area contributed by atoms with Crippen LogP contribution in [0.4, 0.5) is 4.39 Å². The van der Waals surface area contributed by atoms with Gasteiger partial charge in [0.2, 0.25) is 0 Å². The van der Waals surface area contributed by atoms with E-state index in [9.17, 15) is 4.39 Å². The van der Waals surface area contributed by atoms with E-state index in [2.05, 4.69) is 10.1 Å². The molecule has 0 bridgehead atoms. The van der Waals surface area contributed by atoms with Gasteiger partial charge in [-0.15, -0.1) is 0 Å². The van der Waals surface area contributed by atoms with Gasteiger partial charge in [-0.25, -0.2) is 14.1 Å². The maximum Gasteiger partial charge on any atom is 0.151 e. The van der Waals surface area contributed by atoms with Gasteiger partial charge in [0.25, 0.3) is 0 Å². The van der Waals surface area contributed by atoms with Crippen LogP contribution in [0.15, 0.2) is 12.1 Å². The standard InChI is InChI=1S/C15H21FN4/c1-5-14-18-15(6-2)20(19-14)13-7-9(3)12(16)8-11(13)10(4)17/h7-8,10H,5-6,17H2,1-4H3/t10-/m0/s1. The molecule has 0 aliphatic heterocycles. The Morgan fingerprint density at radius 1 is 1.30 bits per heavy atom. The molecule has 4 nitrogen and oxygen atoms in total. The monoisotopic (exact) mass is 276 g/mol. The number of aryl methyl sites for hydroxylation is 3. The van der Waals surface area contributed by atoms with Crippen LogP contribution in [0.25, 0.3) is 5.69 Å². The average molecular weight is 276 g/mol. The van der Waals surface area contributed by atoms with Crippen LogP contribution in [0.1, 0.15) is 49.6 Å². The molecule has 2 N–H and O–H groups in total. The normalized spacial score (nSPS) is 12.7. The molecule has 1 aromatic heterocycles. The lowest BCUT2D eigenvalue weighted by Gasteiger charge is -2.15. The van der Waals surface area contributed by atoms with Gasteiger partial charge < -0.3 is 5.73 Å². The highest BCUT2D eigenvalue weighted by Crippen LogP contribution is 2.24. The summed E-state index contributed by atoms with van der Waals surface area (Å²) >= 11 is 0. The second-order valence-corrected chi connectivity index (χ2v) is 5.01. The first-order chi connectivity index (χ1) is 9.47. The molecule has 0 saturated carbocycles. The van der Waals surface area contributed by atoms with Crippen molar-refractivity contribution in [3.05, 3.63) is 40.7 Å². The Morgan fingerprint density at radius 3 is 2.55 bits per heavy atom. The van der Waals surface area contributed by atoms with Crippen molar-refractivity contribution in [2.45, 2.75) is 46.6 Å². The molecule has 0 aliphatic carbocycles. The largest absolute Gasteiger partial charge is 0.324 e. The summed E-state index contributed by atoms with van der Waals surface area (Å²) in [5, 5.41) is 4.51. The zero-order chi connectivity index (χ0) is 14.9. The fourth-order valence-corrected chi connectivity index (χ4v) is 2.19. The molecule has 2 rings (SSSR count). The van der Waals surface area contributed by atoms with E-state index in [0.717, 1.165) is 35.7 Å². The first kappa shape index (κ1) is 14.7. The fraction of sp³-hybridized carbons (Fsp3) is 0.467. The molecule has 0 aliphatic rings. The first-order valence-electron chi connectivity index (χ1n) is 6.98. The van der Waals surface area contributed by atoms with Gasteiger partial charge in [0, 0.05) is 18.9 Å². The van der Waals surface area contributed by atoms with Crippen molar-refractivity contribution in [2.75, 3.05) is 0 Å². The quantitative estimate of drug-likeness (QED) is 0.934. The van der Waals surface area contributed by atoms with Crippen LogP contribution in [0.5, 0.6) is 0 Å². The number of rotatable bonds is 4. The number of aromatic nitrogens is 3. The number of hydrogen-bond acceptors (Lipinski definition) is 3. The van der Waals surface area contributed by atoms with Crippen LogP contribution in [0, 0.1) is 12.7 Å². The van der Waals surface area contributed by atoms with Crippen molar-refractivity contribution < 1.29 is 4.39 Å². The van der Waals surface area contributed by atoms with E-state index in [0.29, 0.717) is 5.56 Å². The Hall–Kier alpha value is -1.75. The van der Waals surface area contributed by atoms with E-state index in [1.54, 1.807) is 17.7 Å². The summed E-state index contributed by atoms with van der Waals surface area (Å²) in [5.74, 6) is 1.42. The number of benzene rings is 1. The number of hydrogen-bond donors (Lipinski definition) is 1. The van der Waals surface area contributed by atoms with Crippen LogP contribution in [-0.2, 0) is 12.8 Å². The van der Waals surface area contributed by atoms with Crippen LogP contribution >= 0.6 is 0 Å². The third-order valence-electron chi connectivity index (χ3n) is 3.38. The van der Waals surface area contributed by atoms with Gasteiger partial charge in [0.05, 0.1) is 5.69 Å². The molecule has 20 heavy (non-hydrogen) atoms. The topological polar surface area (TPSA) is 56.7 Å². The van der Waals surface area contributed by atoms with E-state index in [4.69, 9.17) is 5.73 Å². The molecule has 0 unspecified atom stereocenters. The van der Waals surface area contributed by atoms with Gasteiger partial charge in [0.15, 0.2) is 5.82 Å². The van der Waals surface area contributed by atoms with Crippen molar-refractivity contribution in [3.8, 4) is 5.69 Å². The van der Waals surface area contributed by atoms with E-state index in [1.807, 2.05) is 20.8 Å². The van der Waals surface area contributed by atoms with E-state index >= 15 is 0 Å². The van der Waals surface area contributed by atoms with Gasteiger partial charge in [0.1, 0.15) is 11.6 Å². The summed E-state index contributed by atoms with van der Waals surface area (Å²) in [6, 6.07) is 3.03. The van der Waals surface area contributed by atoms with Crippen molar-refractivity contribution in [2.24, 2.45) is 5.73 Å². The molecule has 0 spiro atoms. The highest BCUT2D eigenvalue weighted by Gasteiger charge is 2.17. The number of nitrogens with zero attached hydrogens (tertiary/aromatic N) is 3.